The maximum atomic E-state index is 12.3. The highest BCUT2D eigenvalue weighted by molar-refractivity contribution is 7.89. The molecule has 0 amide bonds. The normalized spacial score (nSPS) is 11.8. The van der Waals surface area contributed by atoms with E-state index < -0.39 is 10.0 Å². The number of aromatic amines is 1. The molecule has 0 saturated carbocycles. The second-order valence-electron chi connectivity index (χ2n) is 6.01. The Morgan fingerprint density at radius 2 is 2.00 bits per heavy atom. The quantitative estimate of drug-likeness (QED) is 0.288. The molecule has 2 aromatic heterocycles. The SMILES string of the molecule is Cc1ccc(-c2cccc3sc(C(=N)N)nc23)c(-c2nnn[nH]2)c1S(N)(=O)=O. The first-order chi connectivity index (χ1) is 13.3. The van der Waals surface area contributed by atoms with Crippen LogP contribution < -0.4 is 10.9 Å². The molecule has 4 aromatic rings. The Kier molecular flexibility index (Phi) is 4.18. The van der Waals surface area contributed by atoms with Gasteiger partial charge in [-0.2, -0.15) is 0 Å². The number of amidine groups is 1. The van der Waals surface area contributed by atoms with Crippen molar-refractivity contribution in [2.24, 2.45) is 10.9 Å². The summed E-state index contributed by atoms with van der Waals surface area (Å²) in [5, 5.41) is 27.1. The molecule has 0 atom stereocenters. The van der Waals surface area contributed by atoms with Crippen LogP contribution in [-0.2, 0) is 10.0 Å². The molecule has 6 N–H and O–H groups in total. The molecule has 12 heteroatoms. The van der Waals surface area contributed by atoms with Crippen LogP contribution in [0.3, 0.4) is 0 Å². The van der Waals surface area contributed by atoms with E-state index in [-0.39, 0.29) is 22.1 Å². The van der Waals surface area contributed by atoms with Crippen LogP contribution >= 0.6 is 11.3 Å². The van der Waals surface area contributed by atoms with E-state index in [4.69, 9.17) is 16.3 Å². The van der Waals surface area contributed by atoms with Gasteiger partial charge in [-0.15, -0.1) is 16.4 Å². The molecule has 0 aliphatic heterocycles. The fourth-order valence-electron chi connectivity index (χ4n) is 3.06. The van der Waals surface area contributed by atoms with Gasteiger partial charge >= 0.3 is 0 Å². The van der Waals surface area contributed by atoms with Crippen molar-refractivity contribution in [2.75, 3.05) is 0 Å². The summed E-state index contributed by atoms with van der Waals surface area (Å²) >= 11 is 1.28. The number of fused-ring (bicyclic) bond motifs is 1. The zero-order valence-corrected chi connectivity index (χ0v) is 16.1. The number of nitrogens with one attached hydrogen (secondary N) is 2. The summed E-state index contributed by atoms with van der Waals surface area (Å²) < 4.78 is 25.5. The number of H-pyrrole nitrogens is 1. The van der Waals surface area contributed by atoms with Gasteiger partial charge in [0.2, 0.25) is 10.0 Å². The summed E-state index contributed by atoms with van der Waals surface area (Å²) in [5.74, 6) is 0.0303. The van der Waals surface area contributed by atoms with Crippen LogP contribution in [0.2, 0.25) is 0 Å². The number of benzene rings is 2. The Morgan fingerprint density at radius 1 is 1.21 bits per heavy atom. The summed E-state index contributed by atoms with van der Waals surface area (Å²) in [6.07, 6.45) is 0. The molecule has 0 unspecified atom stereocenters. The van der Waals surface area contributed by atoms with Gasteiger partial charge in [0.25, 0.3) is 0 Å². The average molecular weight is 414 g/mol. The fourth-order valence-corrected chi connectivity index (χ4v) is 4.92. The highest BCUT2D eigenvalue weighted by Crippen LogP contribution is 2.40. The van der Waals surface area contributed by atoms with Gasteiger partial charge in [-0.1, -0.05) is 24.3 Å². The van der Waals surface area contributed by atoms with Gasteiger partial charge in [-0.05, 0) is 34.5 Å². The van der Waals surface area contributed by atoms with Crippen molar-refractivity contribution in [3.05, 3.63) is 40.9 Å². The molecule has 0 saturated heterocycles. The number of aryl methyl sites for hydroxylation is 1. The second-order valence-corrected chi connectivity index (χ2v) is 8.54. The minimum Gasteiger partial charge on any atom is -0.382 e. The number of nitrogen functional groups attached to an aromatic ring is 1. The maximum absolute atomic E-state index is 12.3. The van der Waals surface area contributed by atoms with Gasteiger partial charge in [-0.25, -0.2) is 23.6 Å². The van der Waals surface area contributed by atoms with E-state index in [0.717, 1.165) is 4.70 Å². The Morgan fingerprint density at radius 3 is 2.64 bits per heavy atom. The zero-order valence-electron chi connectivity index (χ0n) is 14.5. The van der Waals surface area contributed by atoms with Gasteiger partial charge in [-0.3, -0.25) is 5.41 Å². The minimum atomic E-state index is -4.07. The number of hydrogen-bond acceptors (Lipinski definition) is 8. The van der Waals surface area contributed by atoms with E-state index in [1.165, 1.54) is 11.3 Å². The van der Waals surface area contributed by atoms with Crippen molar-refractivity contribution in [1.82, 2.24) is 25.6 Å². The number of nitrogens with two attached hydrogens (primary N) is 2. The molecule has 0 fully saturated rings. The first-order valence-corrected chi connectivity index (χ1v) is 10.3. The minimum absolute atomic E-state index is 0.0671. The summed E-state index contributed by atoms with van der Waals surface area (Å²) in [4.78, 5) is 4.38. The first-order valence-electron chi connectivity index (χ1n) is 7.92. The number of tetrazole rings is 1. The second kappa shape index (κ2) is 6.44. The Hall–Kier alpha value is -3.22. The Bertz CT molecular complexity index is 1330. The number of thiazole rings is 1. The molecule has 2 heterocycles. The van der Waals surface area contributed by atoms with Crippen LogP contribution in [0.5, 0.6) is 0 Å². The molecular formula is C16H14N8O2S2. The van der Waals surface area contributed by atoms with Gasteiger partial charge in [0, 0.05) is 11.1 Å². The molecule has 28 heavy (non-hydrogen) atoms. The number of nitrogens with zero attached hydrogens (tertiary/aromatic N) is 4. The van der Waals surface area contributed by atoms with E-state index in [1.54, 1.807) is 25.1 Å². The van der Waals surface area contributed by atoms with E-state index >= 15 is 0 Å². The molecule has 4 rings (SSSR count). The zero-order chi connectivity index (χ0) is 20.1. The molecule has 0 bridgehead atoms. The molecule has 0 aliphatic rings. The smallest absolute Gasteiger partial charge is 0.239 e. The topological polar surface area (TPSA) is 177 Å². The Labute approximate surface area is 163 Å². The van der Waals surface area contributed by atoms with Crippen LogP contribution in [0.25, 0.3) is 32.7 Å². The van der Waals surface area contributed by atoms with Gasteiger partial charge in [0.05, 0.1) is 15.1 Å². The molecule has 0 aliphatic carbocycles. The number of para-hydroxylation sites is 1. The standard InChI is InChI=1S/C16H14N8O2S2/c1-7-5-6-8(11(13(7)28(19,25)26)15-21-23-24-22-15)9-3-2-4-10-12(9)20-16(27-10)14(17)18/h2-6H,1H3,(H3,17,18)(H2,19,25,26)(H,21,22,23,24). The third-order valence-electron chi connectivity index (χ3n) is 4.16. The highest BCUT2D eigenvalue weighted by atomic mass is 32.2. The van der Waals surface area contributed by atoms with E-state index in [0.29, 0.717) is 27.2 Å². The predicted molar refractivity (Wildman–Crippen MR) is 105 cm³/mol. The van der Waals surface area contributed by atoms with Crippen molar-refractivity contribution in [1.29, 1.82) is 5.41 Å². The molecule has 0 radical (unpaired) electrons. The van der Waals surface area contributed by atoms with Crippen LogP contribution in [0, 0.1) is 12.3 Å². The first kappa shape index (κ1) is 18.2. The van der Waals surface area contributed by atoms with Crippen molar-refractivity contribution in [3.8, 4) is 22.5 Å². The van der Waals surface area contributed by atoms with Crippen molar-refractivity contribution < 1.29 is 8.42 Å². The van der Waals surface area contributed by atoms with Crippen molar-refractivity contribution in [3.63, 3.8) is 0 Å². The number of hydrogen-bond donors (Lipinski definition) is 4. The van der Waals surface area contributed by atoms with Crippen LogP contribution in [-0.4, -0.2) is 39.9 Å². The number of primary sulfonamides is 1. The third kappa shape index (κ3) is 2.93. The third-order valence-corrected chi connectivity index (χ3v) is 6.31. The summed E-state index contributed by atoms with van der Waals surface area (Å²) in [6, 6.07) is 8.91. The summed E-state index contributed by atoms with van der Waals surface area (Å²) in [5.41, 5.74) is 8.09. The summed E-state index contributed by atoms with van der Waals surface area (Å²) in [7, 11) is -4.07. The number of rotatable bonds is 4. The van der Waals surface area contributed by atoms with E-state index in [9.17, 15) is 8.42 Å². The maximum Gasteiger partial charge on any atom is 0.239 e. The van der Waals surface area contributed by atoms with Crippen LogP contribution in [0.1, 0.15) is 10.6 Å². The van der Waals surface area contributed by atoms with E-state index in [1.807, 2.05) is 12.1 Å². The molecular weight excluding hydrogens is 400 g/mol. The Balaban J connectivity index is 2.13. The van der Waals surface area contributed by atoms with Crippen molar-refractivity contribution >= 4 is 37.4 Å². The van der Waals surface area contributed by atoms with Crippen molar-refractivity contribution in [2.45, 2.75) is 11.8 Å². The molecule has 10 nitrogen and oxygen atoms in total. The highest BCUT2D eigenvalue weighted by Gasteiger charge is 2.25. The van der Waals surface area contributed by atoms with Gasteiger partial charge in [0.15, 0.2) is 16.7 Å². The van der Waals surface area contributed by atoms with Crippen LogP contribution in [0.15, 0.2) is 35.2 Å². The van der Waals surface area contributed by atoms with E-state index in [2.05, 4.69) is 25.6 Å². The lowest BCUT2D eigenvalue weighted by Crippen LogP contribution is -2.16. The lowest BCUT2D eigenvalue weighted by molar-refractivity contribution is 0.597. The largest absolute Gasteiger partial charge is 0.382 e. The molecule has 2 aromatic carbocycles. The monoisotopic (exact) mass is 414 g/mol. The number of aromatic nitrogens is 5. The van der Waals surface area contributed by atoms with Crippen LogP contribution in [0.4, 0.5) is 0 Å². The lowest BCUT2D eigenvalue weighted by Gasteiger charge is -2.14. The lowest BCUT2D eigenvalue weighted by atomic mass is 9.96. The summed E-state index contributed by atoms with van der Waals surface area (Å²) in [6.45, 7) is 1.65. The fraction of sp³-hybridized carbons (Fsp3) is 0.0625. The van der Waals surface area contributed by atoms with Gasteiger partial charge in [0.1, 0.15) is 0 Å². The average Bonchev–Trinajstić information content (AvgIpc) is 3.29. The predicted octanol–water partition coefficient (Wildman–Crippen LogP) is 1.38. The number of sulfonamides is 1. The molecule has 0 spiro atoms. The molecule has 142 valence electrons. The van der Waals surface area contributed by atoms with Gasteiger partial charge < -0.3 is 5.73 Å².